The fourth-order valence-electron chi connectivity index (χ4n) is 1.62. The minimum atomic E-state index is -0.816. The van der Waals surface area contributed by atoms with Crippen LogP contribution in [0.4, 0.5) is 0 Å². The summed E-state index contributed by atoms with van der Waals surface area (Å²) in [4.78, 5) is 0. The van der Waals surface area contributed by atoms with Gasteiger partial charge in [-0.25, -0.2) is 0 Å². The van der Waals surface area contributed by atoms with E-state index in [1.165, 1.54) is 0 Å². The first-order chi connectivity index (χ1) is 8.93. The highest BCUT2D eigenvalue weighted by Gasteiger charge is 2.20. The maximum Gasteiger partial charge on any atom is 0.127 e. The number of methoxy groups -OCH3 is 1. The van der Waals surface area contributed by atoms with Gasteiger partial charge in [-0.2, -0.15) is 0 Å². The summed E-state index contributed by atoms with van der Waals surface area (Å²) in [7, 11) is 3.53. The predicted octanol–water partition coefficient (Wildman–Crippen LogP) is 2.52. The molecule has 0 radical (unpaired) electrons. The lowest BCUT2D eigenvalue weighted by Crippen LogP contribution is -2.31. The van der Waals surface area contributed by atoms with Crippen LogP contribution >= 0.6 is 0 Å². The SMILES string of the molecule is CCC(C)(O)COc1cc(OC)ccc1C(C)NC. The average molecular weight is 267 g/mol. The first-order valence-electron chi connectivity index (χ1n) is 6.64. The number of nitrogens with one attached hydrogen (secondary N) is 1. The number of aliphatic hydroxyl groups is 1. The van der Waals surface area contributed by atoms with Gasteiger partial charge in [0.05, 0.1) is 12.7 Å². The summed E-state index contributed by atoms with van der Waals surface area (Å²) in [5.41, 5.74) is 0.235. The normalized spacial score (nSPS) is 15.7. The maximum absolute atomic E-state index is 10.0. The van der Waals surface area contributed by atoms with E-state index in [0.29, 0.717) is 6.42 Å². The molecule has 0 bridgehead atoms. The van der Waals surface area contributed by atoms with E-state index in [1.807, 2.05) is 32.2 Å². The minimum absolute atomic E-state index is 0.174. The van der Waals surface area contributed by atoms with Crippen LogP contribution in [0.15, 0.2) is 18.2 Å². The Kier molecular flexibility index (Phi) is 5.63. The minimum Gasteiger partial charge on any atom is -0.497 e. The molecule has 19 heavy (non-hydrogen) atoms. The van der Waals surface area contributed by atoms with Crippen molar-refractivity contribution in [3.05, 3.63) is 23.8 Å². The smallest absolute Gasteiger partial charge is 0.127 e. The zero-order chi connectivity index (χ0) is 14.5. The molecule has 4 heteroatoms. The van der Waals surface area contributed by atoms with E-state index >= 15 is 0 Å². The molecule has 0 heterocycles. The Morgan fingerprint density at radius 2 is 2.11 bits per heavy atom. The van der Waals surface area contributed by atoms with Crippen LogP contribution in [0.2, 0.25) is 0 Å². The van der Waals surface area contributed by atoms with Crippen LogP contribution in [0.3, 0.4) is 0 Å². The molecule has 1 aromatic carbocycles. The van der Waals surface area contributed by atoms with Crippen molar-refractivity contribution in [1.82, 2.24) is 5.32 Å². The number of hydrogen-bond donors (Lipinski definition) is 2. The molecule has 1 rings (SSSR count). The van der Waals surface area contributed by atoms with E-state index in [1.54, 1.807) is 14.0 Å². The summed E-state index contributed by atoms with van der Waals surface area (Å²) in [6.07, 6.45) is 0.647. The summed E-state index contributed by atoms with van der Waals surface area (Å²) in [5, 5.41) is 13.2. The van der Waals surface area contributed by atoms with Crippen molar-refractivity contribution in [3.8, 4) is 11.5 Å². The molecule has 0 aliphatic rings. The molecule has 0 aliphatic carbocycles. The highest BCUT2D eigenvalue weighted by Crippen LogP contribution is 2.30. The molecule has 108 valence electrons. The number of ether oxygens (including phenoxy) is 2. The van der Waals surface area contributed by atoms with Crippen LogP contribution in [0, 0.1) is 0 Å². The third-order valence-corrected chi connectivity index (χ3v) is 3.42. The Hall–Kier alpha value is -1.26. The molecule has 2 atom stereocenters. The second-order valence-corrected chi connectivity index (χ2v) is 5.05. The largest absolute Gasteiger partial charge is 0.497 e. The summed E-state index contributed by atoms with van der Waals surface area (Å²) in [6.45, 7) is 6.03. The number of hydrogen-bond acceptors (Lipinski definition) is 4. The Labute approximate surface area is 115 Å². The molecule has 0 saturated carbocycles. The van der Waals surface area contributed by atoms with Gasteiger partial charge in [0.2, 0.25) is 0 Å². The molecule has 4 nitrogen and oxygen atoms in total. The Morgan fingerprint density at radius 3 is 2.63 bits per heavy atom. The maximum atomic E-state index is 10.0. The molecule has 0 spiro atoms. The standard InChI is InChI=1S/C15H25NO3/c1-6-15(3,17)10-19-14-9-12(18-5)7-8-13(14)11(2)16-4/h7-9,11,16-17H,6,10H2,1-5H3. The summed E-state index contributed by atoms with van der Waals surface area (Å²) in [5.74, 6) is 1.49. The van der Waals surface area contributed by atoms with Gasteiger partial charge in [0, 0.05) is 17.7 Å². The zero-order valence-corrected chi connectivity index (χ0v) is 12.5. The molecule has 0 fully saturated rings. The Morgan fingerprint density at radius 1 is 1.42 bits per heavy atom. The summed E-state index contributed by atoms with van der Waals surface area (Å²) >= 11 is 0. The first kappa shape index (κ1) is 15.8. The molecular formula is C15H25NO3. The molecule has 2 unspecified atom stereocenters. The van der Waals surface area contributed by atoms with Gasteiger partial charge in [0.25, 0.3) is 0 Å². The van der Waals surface area contributed by atoms with E-state index in [9.17, 15) is 5.11 Å². The zero-order valence-electron chi connectivity index (χ0n) is 12.5. The quantitative estimate of drug-likeness (QED) is 0.797. The number of benzene rings is 1. The van der Waals surface area contributed by atoms with Gasteiger partial charge in [-0.15, -0.1) is 0 Å². The van der Waals surface area contributed by atoms with Gasteiger partial charge in [-0.1, -0.05) is 13.0 Å². The van der Waals surface area contributed by atoms with E-state index in [-0.39, 0.29) is 12.6 Å². The third kappa shape index (κ3) is 4.40. The van der Waals surface area contributed by atoms with Crippen LogP contribution in [-0.4, -0.2) is 31.5 Å². The van der Waals surface area contributed by atoms with Crippen molar-refractivity contribution < 1.29 is 14.6 Å². The third-order valence-electron chi connectivity index (χ3n) is 3.42. The van der Waals surface area contributed by atoms with Crippen LogP contribution in [0.25, 0.3) is 0 Å². The lowest BCUT2D eigenvalue weighted by atomic mass is 10.0. The van der Waals surface area contributed by atoms with Crippen molar-refractivity contribution in [2.24, 2.45) is 0 Å². The lowest BCUT2D eigenvalue weighted by Gasteiger charge is -2.24. The predicted molar refractivity (Wildman–Crippen MR) is 76.9 cm³/mol. The average Bonchev–Trinajstić information content (AvgIpc) is 2.44. The molecule has 2 N–H and O–H groups in total. The van der Waals surface area contributed by atoms with Gasteiger partial charge < -0.3 is 19.9 Å². The fraction of sp³-hybridized carbons (Fsp3) is 0.600. The van der Waals surface area contributed by atoms with Crippen LogP contribution < -0.4 is 14.8 Å². The Balaban J connectivity index is 2.95. The van der Waals surface area contributed by atoms with Gasteiger partial charge in [0.1, 0.15) is 18.1 Å². The van der Waals surface area contributed by atoms with E-state index in [4.69, 9.17) is 9.47 Å². The van der Waals surface area contributed by atoms with E-state index in [0.717, 1.165) is 17.1 Å². The lowest BCUT2D eigenvalue weighted by molar-refractivity contribution is 0.00799. The van der Waals surface area contributed by atoms with Gasteiger partial charge in [-0.3, -0.25) is 0 Å². The van der Waals surface area contributed by atoms with Gasteiger partial charge >= 0.3 is 0 Å². The fourth-order valence-corrected chi connectivity index (χ4v) is 1.62. The molecule has 0 aromatic heterocycles. The van der Waals surface area contributed by atoms with Crippen molar-refractivity contribution in [2.45, 2.75) is 38.8 Å². The van der Waals surface area contributed by atoms with E-state index in [2.05, 4.69) is 12.2 Å². The second-order valence-electron chi connectivity index (χ2n) is 5.05. The molecular weight excluding hydrogens is 242 g/mol. The summed E-state index contributed by atoms with van der Waals surface area (Å²) < 4.78 is 11.0. The Bertz CT molecular complexity index is 404. The van der Waals surface area contributed by atoms with Crippen LogP contribution in [-0.2, 0) is 0 Å². The first-order valence-corrected chi connectivity index (χ1v) is 6.64. The van der Waals surface area contributed by atoms with Crippen molar-refractivity contribution >= 4 is 0 Å². The van der Waals surface area contributed by atoms with Gasteiger partial charge in [-0.05, 0) is 33.4 Å². The molecule has 0 aliphatic heterocycles. The van der Waals surface area contributed by atoms with Gasteiger partial charge in [0.15, 0.2) is 0 Å². The monoisotopic (exact) mass is 267 g/mol. The molecule has 0 saturated heterocycles. The van der Waals surface area contributed by atoms with Crippen molar-refractivity contribution in [2.75, 3.05) is 20.8 Å². The molecule has 1 aromatic rings. The number of rotatable bonds is 7. The summed E-state index contributed by atoms with van der Waals surface area (Å²) in [6, 6.07) is 5.92. The van der Waals surface area contributed by atoms with Crippen molar-refractivity contribution in [3.63, 3.8) is 0 Å². The van der Waals surface area contributed by atoms with Crippen molar-refractivity contribution in [1.29, 1.82) is 0 Å². The molecule has 0 amide bonds. The topological polar surface area (TPSA) is 50.7 Å². The highest BCUT2D eigenvalue weighted by atomic mass is 16.5. The van der Waals surface area contributed by atoms with Crippen LogP contribution in [0.1, 0.15) is 38.8 Å². The second kappa shape index (κ2) is 6.78. The van der Waals surface area contributed by atoms with E-state index < -0.39 is 5.60 Å². The highest BCUT2D eigenvalue weighted by molar-refractivity contribution is 5.42. The van der Waals surface area contributed by atoms with Crippen LogP contribution in [0.5, 0.6) is 11.5 Å².